The number of ether oxygens (including phenoxy) is 3. The molecule has 0 aliphatic heterocycles. The highest BCUT2D eigenvalue weighted by atomic mass is 16.5. The van der Waals surface area contributed by atoms with Crippen LogP contribution in [0.4, 0.5) is 4.79 Å². The lowest BCUT2D eigenvalue weighted by Gasteiger charge is -2.14. The molecule has 8 heteroatoms. The number of amides is 2. The number of hydrogen-bond acceptors (Lipinski definition) is 6. The Labute approximate surface area is 141 Å². The van der Waals surface area contributed by atoms with Crippen molar-refractivity contribution >= 4 is 18.2 Å². The summed E-state index contributed by atoms with van der Waals surface area (Å²) in [6.45, 7) is 4.19. The standard InChI is InChI=1S/C16H23N3O5/c1-5-22-14-9-12(10-17-18-16(21)23-6-2)7-8-13(14)24-11-15(20)19(3)4/h7-10H,5-6,11H2,1-4H3,(H,18,21)/b17-10+. The fourth-order valence-electron chi connectivity index (χ4n) is 1.58. The molecule has 0 aliphatic carbocycles. The van der Waals surface area contributed by atoms with Gasteiger partial charge in [-0.15, -0.1) is 0 Å². The smallest absolute Gasteiger partial charge is 0.427 e. The summed E-state index contributed by atoms with van der Waals surface area (Å²) in [6.07, 6.45) is 0.828. The number of benzene rings is 1. The van der Waals surface area contributed by atoms with Gasteiger partial charge in [-0.1, -0.05) is 0 Å². The summed E-state index contributed by atoms with van der Waals surface area (Å²) >= 11 is 0. The van der Waals surface area contributed by atoms with Crippen molar-refractivity contribution in [2.75, 3.05) is 33.9 Å². The molecule has 0 aliphatic rings. The maximum Gasteiger partial charge on any atom is 0.427 e. The molecule has 0 atom stereocenters. The molecular formula is C16H23N3O5. The van der Waals surface area contributed by atoms with Crippen molar-refractivity contribution in [3.05, 3.63) is 23.8 Å². The minimum atomic E-state index is -0.624. The van der Waals surface area contributed by atoms with E-state index in [9.17, 15) is 9.59 Å². The molecule has 0 spiro atoms. The van der Waals surface area contributed by atoms with Gasteiger partial charge in [0.05, 0.1) is 19.4 Å². The zero-order valence-electron chi connectivity index (χ0n) is 14.4. The second kappa shape index (κ2) is 10.1. The van der Waals surface area contributed by atoms with Gasteiger partial charge >= 0.3 is 6.09 Å². The Bertz CT molecular complexity index is 587. The van der Waals surface area contributed by atoms with E-state index in [1.54, 1.807) is 39.2 Å². The first-order valence-corrected chi connectivity index (χ1v) is 7.53. The summed E-state index contributed by atoms with van der Waals surface area (Å²) in [6, 6.07) is 5.11. The highest BCUT2D eigenvalue weighted by Gasteiger charge is 2.10. The van der Waals surface area contributed by atoms with Crippen molar-refractivity contribution in [2.45, 2.75) is 13.8 Å². The van der Waals surface area contributed by atoms with Crippen molar-refractivity contribution in [3.63, 3.8) is 0 Å². The van der Waals surface area contributed by atoms with Gasteiger partial charge in [-0.2, -0.15) is 5.10 Å². The van der Waals surface area contributed by atoms with Gasteiger partial charge in [0.1, 0.15) is 0 Å². The Morgan fingerprint density at radius 2 is 1.92 bits per heavy atom. The van der Waals surface area contributed by atoms with Gasteiger partial charge < -0.3 is 19.1 Å². The quantitative estimate of drug-likeness (QED) is 0.575. The van der Waals surface area contributed by atoms with Crippen LogP contribution in [0.1, 0.15) is 19.4 Å². The molecule has 1 N–H and O–H groups in total. The molecule has 0 radical (unpaired) electrons. The SMILES string of the molecule is CCOC(=O)N/N=C/c1ccc(OCC(=O)N(C)C)c(OCC)c1. The number of hydrazone groups is 1. The summed E-state index contributed by atoms with van der Waals surface area (Å²) in [5, 5.41) is 3.78. The molecule has 1 aromatic carbocycles. The summed E-state index contributed by atoms with van der Waals surface area (Å²) in [5.74, 6) is 0.799. The van der Waals surface area contributed by atoms with E-state index in [4.69, 9.17) is 14.2 Å². The second-order valence-electron chi connectivity index (χ2n) is 4.81. The number of carbonyl (C=O) groups excluding carboxylic acids is 2. The van der Waals surface area contributed by atoms with E-state index in [2.05, 4.69) is 10.5 Å². The zero-order chi connectivity index (χ0) is 17.9. The van der Waals surface area contributed by atoms with Crippen molar-refractivity contribution in [3.8, 4) is 11.5 Å². The molecule has 0 saturated carbocycles. The molecule has 2 amide bonds. The molecule has 0 fully saturated rings. The summed E-state index contributed by atoms with van der Waals surface area (Å²) in [7, 11) is 3.32. The molecule has 132 valence electrons. The van der Waals surface area contributed by atoms with Crippen molar-refractivity contribution in [2.24, 2.45) is 5.10 Å². The number of nitrogens with zero attached hydrogens (tertiary/aromatic N) is 2. The predicted molar refractivity (Wildman–Crippen MR) is 89.6 cm³/mol. The largest absolute Gasteiger partial charge is 0.490 e. The van der Waals surface area contributed by atoms with Gasteiger partial charge in [-0.25, -0.2) is 10.2 Å². The lowest BCUT2D eigenvalue weighted by molar-refractivity contribution is -0.130. The third kappa shape index (κ3) is 6.55. The van der Waals surface area contributed by atoms with Crippen LogP contribution in [0.5, 0.6) is 11.5 Å². The van der Waals surface area contributed by atoms with Gasteiger partial charge in [0.2, 0.25) is 0 Å². The Balaban J connectivity index is 2.76. The Kier molecular flexibility index (Phi) is 8.10. The minimum Gasteiger partial charge on any atom is -0.490 e. The molecule has 0 unspecified atom stereocenters. The predicted octanol–water partition coefficient (Wildman–Crippen LogP) is 1.63. The van der Waals surface area contributed by atoms with Crippen LogP contribution >= 0.6 is 0 Å². The lowest BCUT2D eigenvalue weighted by Crippen LogP contribution is -2.27. The number of rotatable bonds is 8. The number of hydrogen-bond donors (Lipinski definition) is 1. The van der Waals surface area contributed by atoms with Crippen LogP contribution in [-0.2, 0) is 9.53 Å². The fourth-order valence-corrected chi connectivity index (χ4v) is 1.58. The third-order valence-electron chi connectivity index (χ3n) is 2.76. The van der Waals surface area contributed by atoms with Crippen molar-refractivity contribution in [1.82, 2.24) is 10.3 Å². The average Bonchev–Trinajstić information content (AvgIpc) is 2.54. The van der Waals surface area contributed by atoms with Crippen LogP contribution in [-0.4, -0.2) is 57.0 Å². The molecule has 0 heterocycles. The van der Waals surface area contributed by atoms with E-state index in [1.807, 2.05) is 6.92 Å². The molecule has 0 bridgehead atoms. The Morgan fingerprint density at radius 3 is 2.54 bits per heavy atom. The maximum absolute atomic E-state index is 11.6. The summed E-state index contributed by atoms with van der Waals surface area (Å²) in [5.41, 5.74) is 2.93. The van der Waals surface area contributed by atoms with Crippen LogP contribution in [0, 0.1) is 0 Å². The first kappa shape index (κ1) is 19.3. The molecule has 1 aromatic rings. The topological polar surface area (TPSA) is 89.5 Å². The zero-order valence-corrected chi connectivity index (χ0v) is 14.4. The molecule has 8 nitrogen and oxygen atoms in total. The van der Waals surface area contributed by atoms with Crippen molar-refractivity contribution < 1.29 is 23.8 Å². The minimum absolute atomic E-state index is 0.0784. The fraction of sp³-hybridized carbons (Fsp3) is 0.438. The molecule has 0 aromatic heterocycles. The van der Waals surface area contributed by atoms with Gasteiger partial charge in [0.15, 0.2) is 18.1 Å². The first-order chi connectivity index (χ1) is 11.5. The maximum atomic E-state index is 11.6. The number of carbonyl (C=O) groups is 2. The van der Waals surface area contributed by atoms with E-state index in [-0.39, 0.29) is 19.1 Å². The number of nitrogens with one attached hydrogen (secondary N) is 1. The van der Waals surface area contributed by atoms with Gasteiger partial charge in [0.25, 0.3) is 5.91 Å². The van der Waals surface area contributed by atoms with Crippen LogP contribution in [0.15, 0.2) is 23.3 Å². The monoisotopic (exact) mass is 337 g/mol. The van der Waals surface area contributed by atoms with E-state index >= 15 is 0 Å². The van der Waals surface area contributed by atoms with Gasteiger partial charge in [-0.05, 0) is 37.6 Å². The highest BCUT2D eigenvalue weighted by molar-refractivity contribution is 5.82. The van der Waals surface area contributed by atoms with E-state index in [0.717, 1.165) is 0 Å². The van der Waals surface area contributed by atoms with Crippen LogP contribution in [0.25, 0.3) is 0 Å². The average molecular weight is 337 g/mol. The van der Waals surface area contributed by atoms with E-state index < -0.39 is 6.09 Å². The lowest BCUT2D eigenvalue weighted by atomic mass is 10.2. The summed E-state index contributed by atoms with van der Waals surface area (Å²) in [4.78, 5) is 24.2. The van der Waals surface area contributed by atoms with Crippen LogP contribution < -0.4 is 14.9 Å². The molecular weight excluding hydrogens is 314 g/mol. The Hall–Kier alpha value is -2.77. The van der Waals surface area contributed by atoms with E-state index in [1.165, 1.54) is 11.1 Å². The molecule has 1 rings (SSSR count). The number of likely N-dealkylation sites (N-methyl/N-ethyl adjacent to an activating group) is 1. The van der Waals surface area contributed by atoms with Crippen LogP contribution in [0.3, 0.4) is 0 Å². The second-order valence-corrected chi connectivity index (χ2v) is 4.81. The highest BCUT2D eigenvalue weighted by Crippen LogP contribution is 2.28. The molecule has 0 saturated heterocycles. The first-order valence-electron chi connectivity index (χ1n) is 7.53. The van der Waals surface area contributed by atoms with Crippen LogP contribution in [0.2, 0.25) is 0 Å². The normalized spacial score (nSPS) is 10.3. The third-order valence-corrected chi connectivity index (χ3v) is 2.76. The van der Waals surface area contributed by atoms with E-state index in [0.29, 0.717) is 23.7 Å². The molecule has 24 heavy (non-hydrogen) atoms. The summed E-state index contributed by atoms with van der Waals surface area (Å²) < 4.78 is 15.7. The Morgan fingerprint density at radius 1 is 1.17 bits per heavy atom. The van der Waals surface area contributed by atoms with Gasteiger partial charge in [0, 0.05) is 14.1 Å². The van der Waals surface area contributed by atoms with Gasteiger partial charge in [-0.3, -0.25) is 4.79 Å². The van der Waals surface area contributed by atoms with Crippen molar-refractivity contribution in [1.29, 1.82) is 0 Å².